The van der Waals surface area contributed by atoms with Crippen molar-refractivity contribution >= 4 is 6.29 Å². The van der Waals surface area contributed by atoms with E-state index in [1.165, 1.54) is 19.2 Å². The number of hydrogen-bond donors (Lipinski definition) is 0. The molecule has 21 heavy (non-hydrogen) atoms. The molecule has 0 radical (unpaired) electrons. The van der Waals surface area contributed by atoms with Crippen LogP contribution in [0.5, 0.6) is 11.5 Å². The number of ether oxygens (including phenoxy) is 2. The molecule has 0 N–H and O–H groups in total. The first-order valence-corrected chi connectivity index (χ1v) is 6.30. The van der Waals surface area contributed by atoms with E-state index in [1.807, 2.05) is 0 Å². The van der Waals surface area contributed by atoms with Crippen molar-refractivity contribution in [2.75, 3.05) is 7.11 Å². The largest absolute Gasteiger partial charge is 0.497 e. The van der Waals surface area contributed by atoms with Gasteiger partial charge in [0, 0.05) is 16.9 Å². The fraction of sp³-hybridized carbons (Fsp3) is 0.400. The van der Waals surface area contributed by atoms with Crippen molar-refractivity contribution in [3.63, 3.8) is 0 Å². The molecule has 2 rings (SSSR count). The van der Waals surface area contributed by atoms with Crippen molar-refractivity contribution in [3.8, 4) is 11.5 Å². The lowest BCUT2D eigenvalue weighted by atomic mass is 9.74. The zero-order chi connectivity index (χ0) is 15.8. The van der Waals surface area contributed by atoms with E-state index in [9.17, 15) is 18.0 Å². The topological polar surface area (TPSA) is 35.5 Å². The second-order valence-electron chi connectivity index (χ2n) is 5.45. The molecule has 0 aliphatic carbocycles. The lowest BCUT2D eigenvalue weighted by molar-refractivity contribution is -0.120. The van der Waals surface area contributed by atoms with Crippen LogP contribution in [-0.2, 0) is 4.79 Å². The molecule has 1 aliphatic rings. The van der Waals surface area contributed by atoms with Crippen LogP contribution in [0.3, 0.4) is 0 Å². The van der Waals surface area contributed by atoms with Crippen molar-refractivity contribution in [2.45, 2.75) is 25.9 Å². The summed E-state index contributed by atoms with van der Waals surface area (Å²) in [5.74, 6) is -1.26. The van der Waals surface area contributed by atoms with E-state index in [0.29, 0.717) is 17.6 Å². The zero-order valence-electron chi connectivity index (χ0n) is 11.8. The van der Waals surface area contributed by atoms with Crippen molar-refractivity contribution in [1.29, 1.82) is 0 Å². The van der Waals surface area contributed by atoms with E-state index < -0.39 is 23.3 Å². The van der Waals surface area contributed by atoms with Crippen LogP contribution in [0.1, 0.15) is 25.3 Å². The predicted octanol–water partition coefficient (Wildman–Crippen LogP) is 3.84. The molecular formula is C15H15F3O3. The number of allylic oxidation sites excluding steroid dienone is 2. The van der Waals surface area contributed by atoms with Gasteiger partial charge in [0.1, 0.15) is 17.8 Å². The summed E-state index contributed by atoms with van der Waals surface area (Å²) < 4.78 is 48.8. The van der Waals surface area contributed by atoms with Crippen LogP contribution < -0.4 is 9.47 Å². The first-order valence-electron chi connectivity index (χ1n) is 6.30. The summed E-state index contributed by atoms with van der Waals surface area (Å²) in [4.78, 5) is 11.3. The Morgan fingerprint density at radius 3 is 2.48 bits per heavy atom. The van der Waals surface area contributed by atoms with Gasteiger partial charge in [-0.3, -0.25) is 0 Å². The van der Waals surface area contributed by atoms with Gasteiger partial charge in [-0.25, -0.2) is 0 Å². The average molecular weight is 300 g/mol. The Bertz CT molecular complexity index is 588. The maximum atomic E-state index is 12.9. The molecule has 1 heterocycles. The molecule has 0 bridgehead atoms. The molecule has 0 saturated carbocycles. The standard InChI is InChI=1S/C15H15F3O3/c1-14(2,8-19)11-7-13(15(16,17)18)21-12-5-4-9(20-3)6-10(11)12/h4-8,11H,1-3H3. The lowest BCUT2D eigenvalue weighted by Gasteiger charge is -2.33. The van der Waals surface area contributed by atoms with E-state index in [4.69, 9.17) is 9.47 Å². The van der Waals surface area contributed by atoms with Crippen LogP contribution >= 0.6 is 0 Å². The van der Waals surface area contributed by atoms with Crippen LogP contribution in [0, 0.1) is 5.41 Å². The zero-order valence-corrected chi connectivity index (χ0v) is 11.8. The van der Waals surface area contributed by atoms with Gasteiger partial charge in [-0.05, 0) is 24.3 Å². The number of benzene rings is 1. The number of carbonyl (C=O) groups is 1. The highest BCUT2D eigenvalue weighted by Crippen LogP contribution is 2.47. The Morgan fingerprint density at radius 1 is 1.29 bits per heavy atom. The predicted molar refractivity (Wildman–Crippen MR) is 70.3 cm³/mol. The third kappa shape index (κ3) is 2.89. The Balaban J connectivity index is 2.59. The summed E-state index contributed by atoms with van der Waals surface area (Å²) in [6, 6.07) is 4.53. The number of rotatable bonds is 3. The van der Waals surface area contributed by atoms with Crippen LogP contribution in [0.15, 0.2) is 30.0 Å². The third-order valence-corrected chi connectivity index (χ3v) is 3.47. The Morgan fingerprint density at radius 2 is 1.95 bits per heavy atom. The minimum absolute atomic E-state index is 0.0885. The molecule has 114 valence electrons. The van der Waals surface area contributed by atoms with Crippen LogP contribution in [0.4, 0.5) is 13.2 Å². The highest BCUT2D eigenvalue weighted by Gasteiger charge is 2.43. The average Bonchev–Trinajstić information content (AvgIpc) is 2.44. The Kier molecular flexibility index (Phi) is 3.74. The number of halogens is 3. The second kappa shape index (κ2) is 5.09. The number of fused-ring (bicyclic) bond motifs is 1. The van der Waals surface area contributed by atoms with Crippen LogP contribution in [-0.4, -0.2) is 19.6 Å². The number of methoxy groups -OCH3 is 1. The van der Waals surface area contributed by atoms with Crippen molar-refractivity contribution in [1.82, 2.24) is 0 Å². The van der Waals surface area contributed by atoms with Gasteiger partial charge in [0.2, 0.25) is 5.76 Å². The van der Waals surface area contributed by atoms with Crippen LogP contribution in [0.25, 0.3) is 0 Å². The van der Waals surface area contributed by atoms with E-state index in [2.05, 4.69) is 0 Å². The summed E-state index contributed by atoms with van der Waals surface area (Å²) in [6.07, 6.45) is -3.00. The second-order valence-corrected chi connectivity index (χ2v) is 5.45. The molecule has 3 nitrogen and oxygen atoms in total. The van der Waals surface area contributed by atoms with Gasteiger partial charge in [-0.1, -0.05) is 13.8 Å². The molecule has 1 unspecified atom stereocenters. The van der Waals surface area contributed by atoms with E-state index >= 15 is 0 Å². The van der Waals surface area contributed by atoms with E-state index in [0.717, 1.165) is 6.08 Å². The molecule has 1 atom stereocenters. The smallest absolute Gasteiger partial charge is 0.449 e. The summed E-state index contributed by atoms with van der Waals surface area (Å²) in [5, 5.41) is 0. The molecule has 6 heteroatoms. The maximum Gasteiger partial charge on any atom is 0.449 e. The first-order chi connectivity index (χ1) is 9.69. The van der Waals surface area contributed by atoms with Gasteiger partial charge in [0.25, 0.3) is 0 Å². The van der Waals surface area contributed by atoms with Gasteiger partial charge in [-0.15, -0.1) is 0 Å². The van der Waals surface area contributed by atoms with Gasteiger partial charge in [0.15, 0.2) is 0 Å². The molecule has 0 fully saturated rings. The quantitative estimate of drug-likeness (QED) is 0.796. The fourth-order valence-corrected chi connectivity index (χ4v) is 2.22. The Hall–Kier alpha value is -1.98. The normalized spacial score (nSPS) is 18.4. The maximum absolute atomic E-state index is 12.9. The van der Waals surface area contributed by atoms with E-state index in [-0.39, 0.29) is 5.75 Å². The number of aldehydes is 1. The molecule has 0 aromatic heterocycles. The number of alkyl halides is 3. The Labute approximate surface area is 120 Å². The van der Waals surface area contributed by atoms with Gasteiger partial charge in [-0.2, -0.15) is 13.2 Å². The monoisotopic (exact) mass is 300 g/mol. The molecule has 1 aromatic carbocycles. The van der Waals surface area contributed by atoms with Crippen LogP contribution in [0.2, 0.25) is 0 Å². The summed E-state index contributed by atoms with van der Waals surface area (Å²) in [6.45, 7) is 3.17. The van der Waals surface area contributed by atoms with Crippen molar-refractivity contribution < 1.29 is 27.4 Å². The van der Waals surface area contributed by atoms with Crippen molar-refractivity contribution in [3.05, 3.63) is 35.6 Å². The summed E-state index contributed by atoms with van der Waals surface area (Å²) in [7, 11) is 1.46. The minimum Gasteiger partial charge on any atom is -0.497 e. The lowest BCUT2D eigenvalue weighted by Crippen LogP contribution is -2.29. The molecule has 1 aliphatic heterocycles. The molecule has 0 amide bonds. The molecular weight excluding hydrogens is 285 g/mol. The number of carbonyl (C=O) groups excluding carboxylic acids is 1. The first kappa shape index (κ1) is 15.4. The fourth-order valence-electron chi connectivity index (χ4n) is 2.22. The minimum atomic E-state index is -4.60. The summed E-state index contributed by atoms with van der Waals surface area (Å²) >= 11 is 0. The SMILES string of the molecule is COc1ccc2c(c1)C(C(C)(C)C=O)C=C(C(F)(F)F)O2. The highest BCUT2D eigenvalue weighted by molar-refractivity contribution is 5.63. The summed E-state index contributed by atoms with van der Waals surface area (Å²) in [5.41, 5.74) is -0.499. The van der Waals surface area contributed by atoms with Gasteiger partial charge in [0.05, 0.1) is 7.11 Å². The number of hydrogen-bond acceptors (Lipinski definition) is 3. The third-order valence-electron chi connectivity index (χ3n) is 3.47. The molecule has 1 aromatic rings. The van der Waals surface area contributed by atoms with Crippen molar-refractivity contribution in [2.24, 2.45) is 5.41 Å². The van der Waals surface area contributed by atoms with E-state index in [1.54, 1.807) is 19.9 Å². The molecule has 0 saturated heterocycles. The molecule has 0 spiro atoms. The van der Waals surface area contributed by atoms with Gasteiger partial charge < -0.3 is 14.3 Å². The van der Waals surface area contributed by atoms with Gasteiger partial charge >= 0.3 is 6.18 Å². The highest BCUT2D eigenvalue weighted by atomic mass is 19.4.